The number of hydrogen-bond acceptors (Lipinski definition) is 4. The van der Waals surface area contributed by atoms with Gasteiger partial charge in [-0.05, 0) is 43.5 Å². The van der Waals surface area contributed by atoms with E-state index in [-0.39, 0.29) is 11.4 Å². The maximum atomic E-state index is 12.0. The van der Waals surface area contributed by atoms with Crippen LogP contribution in [0.15, 0.2) is 36.4 Å². The van der Waals surface area contributed by atoms with E-state index in [1.165, 1.54) is 12.1 Å². The number of nitro groups is 1. The molecule has 0 aliphatic rings. The Kier molecular flexibility index (Phi) is 4.41. The number of carbonyl (C=O) groups excluding carboxylic acids is 1. The van der Waals surface area contributed by atoms with Crippen molar-refractivity contribution in [3.63, 3.8) is 0 Å². The minimum Gasteiger partial charge on any atom is -0.410 e. The molecule has 114 valence electrons. The molecule has 2 aromatic rings. The van der Waals surface area contributed by atoms with Gasteiger partial charge < -0.3 is 4.74 Å². The average Bonchev–Trinajstić information content (AvgIpc) is 2.45. The highest BCUT2D eigenvalue weighted by molar-refractivity contribution is 5.89. The molecule has 0 saturated carbocycles. The van der Waals surface area contributed by atoms with Crippen molar-refractivity contribution >= 4 is 17.5 Å². The Balaban J connectivity index is 2.21. The smallest absolute Gasteiger partial charge is 0.410 e. The first-order valence-corrected chi connectivity index (χ1v) is 6.68. The minimum absolute atomic E-state index is 0.104. The van der Waals surface area contributed by atoms with E-state index < -0.39 is 11.0 Å². The predicted molar refractivity (Wildman–Crippen MR) is 83.4 cm³/mol. The van der Waals surface area contributed by atoms with Gasteiger partial charge in [0.05, 0.1) is 4.92 Å². The summed E-state index contributed by atoms with van der Waals surface area (Å²) in [6.07, 6.45) is -0.760. The molecule has 0 aliphatic carbocycles. The third kappa shape index (κ3) is 3.41. The van der Waals surface area contributed by atoms with Gasteiger partial charge >= 0.3 is 6.09 Å². The summed E-state index contributed by atoms with van der Waals surface area (Å²) in [5.41, 5.74) is 2.30. The first-order valence-electron chi connectivity index (χ1n) is 6.68. The quantitative estimate of drug-likeness (QED) is 0.682. The van der Waals surface area contributed by atoms with Crippen molar-refractivity contribution in [2.75, 3.05) is 5.32 Å². The van der Waals surface area contributed by atoms with Crippen molar-refractivity contribution in [3.8, 4) is 5.75 Å². The van der Waals surface area contributed by atoms with Crippen LogP contribution in [-0.4, -0.2) is 11.0 Å². The lowest BCUT2D eigenvalue weighted by Crippen LogP contribution is -2.18. The van der Waals surface area contributed by atoms with Gasteiger partial charge in [0, 0.05) is 6.07 Å². The average molecular weight is 300 g/mol. The van der Waals surface area contributed by atoms with E-state index in [0.29, 0.717) is 5.75 Å². The van der Waals surface area contributed by atoms with Crippen LogP contribution in [0.3, 0.4) is 0 Å². The standard InChI is InChI=1S/C16H16N2O4/c1-10-7-8-13(14(9-10)18(20)21)17-16(19)22-15-11(2)5-4-6-12(15)3/h4-9H,1-3H3,(H,17,19). The van der Waals surface area contributed by atoms with Gasteiger partial charge in [-0.15, -0.1) is 0 Å². The number of aryl methyl sites for hydroxylation is 3. The second-order valence-corrected chi connectivity index (χ2v) is 5.01. The Hall–Kier alpha value is -2.89. The van der Waals surface area contributed by atoms with Gasteiger partial charge in [-0.2, -0.15) is 0 Å². The largest absolute Gasteiger partial charge is 0.417 e. The summed E-state index contributed by atoms with van der Waals surface area (Å²) >= 11 is 0. The van der Waals surface area contributed by atoms with Gasteiger partial charge in [-0.1, -0.05) is 24.3 Å². The number of amides is 1. The van der Waals surface area contributed by atoms with Crippen molar-refractivity contribution in [2.24, 2.45) is 0 Å². The fourth-order valence-corrected chi connectivity index (χ4v) is 2.09. The molecular weight excluding hydrogens is 284 g/mol. The van der Waals surface area contributed by atoms with Crippen LogP contribution in [0.1, 0.15) is 16.7 Å². The van der Waals surface area contributed by atoms with Crippen LogP contribution >= 0.6 is 0 Å². The number of ether oxygens (including phenoxy) is 1. The van der Waals surface area contributed by atoms with Crippen LogP contribution in [-0.2, 0) is 0 Å². The van der Waals surface area contributed by atoms with E-state index in [1.54, 1.807) is 13.0 Å². The lowest BCUT2D eigenvalue weighted by atomic mass is 10.1. The number of nitrogens with zero attached hydrogens (tertiary/aromatic N) is 1. The molecule has 0 aromatic heterocycles. The monoisotopic (exact) mass is 300 g/mol. The highest BCUT2D eigenvalue weighted by atomic mass is 16.6. The van der Waals surface area contributed by atoms with Crippen LogP contribution in [0.25, 0.3) is 0 Å². The Labute approximate surface area is 127 Å². The Bertz CT molecular complexity index is 721. The topological polar surface area (TPSA) is 81.5 Å². The summed E-state index contributed by atoms with van der Waals surface area (Å²) in [4.78, 5) is 22.5. The van der Waals surface area contributed by atoms with Gasteiger partial charge in [-0.3, -0.25) is 15.4 Å². The number of nitro benzene ring substituents is 1. The maximum Gasteiger partial charge on any atom is 0.417 e. The molecule has 2 rings (SSSR count). The molecule has 1 amide bonds. The Morgan fingerprint density at radius 3 is 2.36 bits per heavy atom. The van der Waals surface area contributed by atoms with Crippen LogP contribution in [0, 0.1) is 30.9 Å². The fourth-order valence-electron chi connectivity index (χ4n) is 2.09. The zero-order valence-electron chi connectivity index (χ0n) is 12.5. The predicted octanol–water partition coefficient (Wildman–Crippen LogP) is 4.13. The number of para-hydroxylation sites is 1. The Morgan fingerprint density at radius 1 is 1.14 bits per heavy atom. The summed E-state index contributed by atoms with van der Waals surface area (Å²) in [7, 11) is 0. The second kappa shape index (κ2) is 6.26. The van der Waals surface area contributed by atoms with Crippen molar-refractivity contribution in [3.05, 3.63) is 63.2 Å². The highest BCUT2D eigenvalue weighted by Gasteiger charge is 2.17. The molecule has 0 spiro atoms. The fraction of sp³-hybridized carbons (Fsp3) is 0.188. The number of hydrogen-bond donors (Lipinski definition) is 1. The number of rotatable bonds is 3. The SMILES string of the molecule is Cc1ccc(NC(=O)Oc2c(C)cccc2C)c([N+](=O)[O-])c1. The van der Waals surface area contributed by atoms with Gasteiger partial charge in [0.15, 0.2) is 0 Å². The first-order chi connectivity index (χ1) is 10.4. The molecule has 6 nitrogen and oxygen atoms in total. The molecule has 2 aromatic carbocycles. The maximum absolute atomic E-state index is 12.0. The zero-order valence-corrected chi connectivity index (χ0v) is 12.5. The zero-order chi connectivity index (χ0) is 16.3. The second-order valence-electron chi connectivity index (χ2n) is 5.01. The van der Waals surface area contributed by atoms with Crippen LogP contribution in [0.2, 0.25) is 0 Å². The van der Waals surface area contributed by atoms with Crippen molar-refractivity contribution < 1.29 is 14.5 Å². The molecule has 1 N–H and O–H groups in total. The van der Waals surface area contributed by atoms with E-state index >= 15 is 0 Å². The summed E-state index contributed by atoms with van der Waals surface area (Å²) in [5, 5.41) is 13.5. The summed E-state index contributed by atoms with van der Waals surface area (Å²) < 4.78 is 5.27. The minimum atomic E-state index is -0.760. The summed E-state index contributed by atoms with van der Waals surface area (Å²) in [6, 6.07) is 10.1. The lowest BCUT2D eigenvalue weighted by Gasteiger charge is -2.11. The van der Waals surface area contributed by atoms with Gasteiger partial charge in [0.2, 0.25) is 0 Å². The van der Waals surface area contributed by atoms with Gasteiger partial charge in [0.1, 0.15) is 11.4 Å². The van der Waals surface area contributed by atoms with E-state index in [1.807, 2.05) is 32.0 Å². The Morgan fingerprint density at radius 2 is 1.77 bits per heavy atom. The number of nitrogens with one attached hydrogen (secondary N) is 1. The molecule has 22 heavy (non-hydrogen) atoms. The van der Waals surface area contributed by atoms with E-state index in [0.717, 1.165) is 16.7 Å². The number of benzene rings is 2. The van der Waals surface area contributed by atoms with Gasteiger partial charge in [-0.25, -0.2) is 4.79 Å². The molecule has 0 aliphatic heterocycles. The van der Waals surface area contributed by atoms with Crippen LogP contribution in [0.5, 0.6) is 5.75 Å². The number of anilines is 1. The van der Waals surface area contributed by atoms with Crippen molar-refractivity contribution in [2.45, 2.75) is 20.8 Å². The highest BCUT2D eigenvalue weighted by Crippen LogP contribution is 2.27. The summed E-state index contributed by atoms with van der Waals surface area (Å²) in [5.74, 6) is 0.453. The normalized spacial score (nSPS) is 10.1. The molecule has 0 heterocycles. The van der Waals surface area contributed by atoms with Crippen LogP contribution < -0.4 is 10.1 Å². The molecule has 6 heteroatoms. The molecule has 0 bridgehead atoms. The van der Waals surface area contributed by atoms with E-state index in [9.17, 15) is 14.9 Å². The van der Waals surface area contributed by atoms with E-state index in [4.69, 9.17) is 4.74 Å². The van der Waals surface area contributed by atoms with Gasteiger partial charge in [0.25, 0.3) is 5.69 Å². The molecule has 0 radical (unpaired) electrons. The number of carbonyl (C=O) groups is 1. The lowest BCUT2D eigenvalue weighted by molar-refractivity contribution is -0.384. The van der Waals surface area contributed by atoms with E-state index in [2.05, 4.69) is 5.32 Å². The first kappa shape index (κ1) is 15.5. The third-order valence-electron chi connectivity index (χ3n) is 3.19. The molecule has 0 saturated heterocycles. The third-order valence-corrected chi connectivity index (χ3v) is 3.19. The summed E-state index contributed by atoms with van der Waals surface area (Å²) in [6.45, 7) is 5.39. The molecule has 0 unspecified atom stereocenters. The molecular formula is C16H16N2O4. The molecule has 0 fully saturated rings. The van der Waals surface area contributed by atoms with Crippen molar-refractivity contribution in [1.29, 1.82) is 0 Å². The van der Waals surface area contributed by atoms with Crippen molar-refractivity contribution in [1.82, 2.24) is 0 Å². The van der Waals surface area contributed by atoms with Crippen LogP contribution in [0.4, 0.5) is 16.2 Å². The molecule has 0 atom stereocenters.